The number of nitrogens with zero attached hydrogens (tertiary/aromatic N) is 2. The molecule has 0 atom stereocenters. The van der Waals surface area contributed by atoms with E-state index in [1.807, 2.05) is 25.1 Å². The summed E-state index contributed by atoms with van der Waals surface area (Å²) in [7, 11) is 3.54. The maximum absolute atomic E-state index is 12.1. The first-order valence-electron chi connectivity index (χ1n) is 5.19. The van der Waals surface area contributed by atoms with Gasteiger partial charge in [-0.3, -0.25) is 4.79 Å². The largest absolute Gasteiger partial charge is 0.382 e. The Morgan fingerprint density at radius 2 is 2.24 bits per heavy atom. The zero-order chi connectivity index (χ0) is 12.8. The van der Waals surface area contributed by atoms with Crippen molar-refractivity contribution < 1.29 is 4.79 Å². The second-order valence-corrected chi connectivity index (χ2v) is 3.92. The van der Waals surface area contributed by atoms with Crippen molar-refractivity contribution in [2.24, 2.45) is 0 Å². The molecule has 4 nitrogen and oxygen atoms in total. The van der Waals surface area contributed by atoms with Gasteiger partial charge >= 0.3 is 0 Å². The van der Waals surface area contributed by atoms with Gasteiger partial charge in [-0.05, 0) is 24.6 Å². The molecule has 0 unspecified atom stereocenters. The number of allylic oxidation sites excluding steroid dienone is 5. The summed E-state index contributed by atoms with van der Waals surface area (Å²) in [5.74, 6) is -0.305. The number of rotatable bonds is 3. The van der Waals surface area contributed by atoms with Gasteiger partial charge in [0.25, 0.3) is 0 Å². The Labute approximate surface area is 101 Å². The summed E-state index contributed by atoms with van der Waals surface area (Å²) in [5.41, 5.74) is 1.47. The molecule has 0 radical (unpaired) electrons. The Balaban J connectivity index is 3.02. The monoisotopic (exact) mass is 229 g/mol. The van der Waals surface area contributed by atoms with Crippen LogP contribution in [0.4, 0.5) is 0 Å². The van der Waals surface area contributed by atoms with Gasteiger partial charge in [0.15, 0.2) is 0 Å². The molecule has 1 heterocycles. The summed E-state index contributed by atoms with van der Waals surface area (Å²) in [4.78, 5) is 13.7. The van der Waals surface area contributed by atoms with Gasteiger partial charge in [0, 0.05) is 26.5 Å². The first-order chi connectivity index (χ1) is 8.04. The average molecular weight is 229 g/mol. The fourth-order valence-corrected chi connectivity index (χ4v) is 1.33. The minimum atomic E-state index is -0.305. The Morgan fingerprint density at radius 1 is 1.53 bits per heavy atom. The van der Waals surface area contributed by atoms with Crippen LogP contribution in [0.15, 0.2) is 47.5 Å². The molecular weight excluding hydrogens is 214 g/mol. The molecule has 0 saturated heterocycles. The standard InChI is InChI=1S/C13H15N3O/c1-10-5-4-6-15-12(7-10)13(17)11(8-14)9-16(2)3/h4-7,9,15H,1-3H3/b11-9+. The lowest BCUT2D eigenvalue weighted by atomic mass is 10.1. The molecule has 0 saturated carbocycles. The van der Waals surface area contributed by atoms with Crippen LogP contribution in [0.1, 0.15) is 6.92 Å². The topological polar surface area (TPSA) is 56.1 Å². The van der Waals surface area contributed by atoms with Gasteiger partial charge in [-0.25, -0.2) is 0 Å². The highest BCUT2D eigenvalue weighted by atomic mass is 16.1. The van der Waals surface area contributed by atoms with E-state index < -0.39 is 0 Å². The van der Waals surface area contributed by atoms with Crippen LogP contribution in [0.5, 0.6) is 0 Å². The van der Waals surface area contributed by atoms with Crippen LogP contribution in [0, 0.1) is 11.3 Å². The third kappa shape index (κ3) is 3.65. The second-order valence-electron chi connectivity index (χ2n) is 3.92. The number of ketones is 1. The minimum Gasteiger partial charge on any atom is -0.382 e. The predicted octanol–water partition coefficient (Wildman–Crippen LogP) is 1.47. The van der Waals surface area contributed by atoms with Crippen molar-refractivity contribution in [1.82, 2.24) is 10.2 Å². The van der Waals surface area contributed by atoms with Gasteiger partial charge in [-0.1, -0.05) is 6.08 Å². The lowest BCUT2D eigenvalue weighted by molar-refractivity contribution is -0.112. The van der Waals surface area contributed by atoms with Gasteiger partial charge in [-0.15, -0.1) is 0 Å². The second kappa shape index (κ2) is 5.71. The van der Waals surface area contributed by atoms with Crippen LogP contribution in [0.25, 0.3) is 0 Å². The summed E-state index contributed by atoms with van der Waals surface area (Å²) >= 11 is 0. The highest BCUT2D eigenvalue weighted by Gasteiger charge is 2.15. The van der Waals surface area contributed by atoms with Crippen LogP contribution < -0.4 is 5.32 Å². The number of carbonyl (C=O) groups is 1. The van der Waals surface area contributed by atoms with Crippen LogP contribution >= 0.6 is 0 Å². The molecule has 0 bridgehead atoms. The van der Waals surface area contributed by atoms with Crippen molar-refractivity contribution in [2.75, 3.05) is 14.1 Å². The molecule has 0 aromatic rings. The van der Waals surface area contributed by atoms with E-state index in [0.29, 0.717) is 5.70 Å². The average Bonchev–Trinajstić information content (AvgIpc) is 2.49. The highest BCUT2D eigenvalue weighted by molar-refractivity contribution is 6.10. The van der Waals surface area contributed by atoms with E-state index in [1.165, 1.54) is 6.20 Å². The first-order valence-corrected chi connectivity index (χ1v) is 5.19. The van der Waals surface area contributed by atoms with Crippen LogP contribution in [0.3, 0.4) is 0 Å². The molecule has 1 rings (SSSR count). The zero-order valence-corrected chi connectivity index (χ0v) is 10.2. The fraction of sp³-hybridized carbons (Fsp3) is 0.231. The summed E-state index contributed by atoms with van der Waals surface area (Å²) in [6.45, 7) is 1.90. The van der Waals surface area contributed by atoms with Crippen molar-refractivity contribution in [3.63, 3.8) is 0 Å². The predicted molar refractivity (Wildman–Crippen MR) is 66.5 cm³/mol. The third-order valence-corrected chi connectivity index (χ3v) is 2.06. The molecule has 88 valence electrons. The first kappa shape index (κ1) is 12.8. The molecule has 0 amide bonds. The molecule has 0 aliphatic carbocycles. The van der Waals surface area contributed by atoms with Gasteiger partial charge in [0.2, 0.25) is 5.78 Å². The van der Waals surface area contributed by atoms with E-state index in [2.05, 4.69) is 5.32 Å². The molecule has 17 heavy (non-hydrogen) atoms. The lowest BCUT2D eigenvalue weighted by Crippen LogP contribution is -2.18. The number of hydrogen-bond acceptors (Lipinski definition) is 4. The smallest absolute Gasteiger partial charge is 0.221 e. The Bertz CT molecular complexity index is 473. The van der Waals surface area contributed by atoms with Gasteiger partial charge in [0.05, 0.1) is 5.70 Å². The molecular formula is C13H15N3O. The molecule has 1 aliphatic rings. The van der Waals surface area contributed by atoms with E-state index in [0.717, 1.165) is 5.57 Å². The van der Waals surface area contributed by atoms with Crippen LogP contribution in [-0.2, 0) is 4.79 Å². The van der Waals surface area contributed by atoms with Crippen molar-refractivity contribution in [3.8, 4) is 6.07 Å². The highest BCUT2D eigenvalue weighted by Crippen LogP contribution is 2.09. The minimum absolute atomic E-state index is 0.108. The van der Waals surface area contributed by atoms with Gasteiger partial charge < -0.3 is 10.2 Å². The quantitative estimate of drug-likeness (QED) is 0.588. The molecule has 4 heteroatoms. The molecule has 0 fully saturated rings. The number of carbonyl (C=O) groups excluding carboxylic acids is 1. The fourth-order valence-electron chi connectivity index (χ4n) is 1.33. The van der Waals surface area contributed by atoms with Crippen molar-refractivity contribution in [2.45, 2.75) is 6.92 Å². The van der Waals surface area contributed by atoms with Crippen LogP contribution in [0.2, 0.25) is 0 Å². The van der Waals surface area contributed by atoms with E-state index in [4.69, 9.17) is 5.26 Å². The third-order valence-electron chi connectivity index (χ3n) is 2.06. The normalized spacial score (nSPS) is 15.1. The summed E-state index contributed by atoms with van der Waals surface area (Å²) in [6, 6.07) is 1.91. The summed E-state index contributed by atoms with van der Waals surface area (Å²) in [6.07, 6.45) is 8.61. The molecule has 0 spiro atoms. The zero-order valence-electron chi connectivity index (χ0n) is 10.2. The Hall–Kier alpha value is -2.28. The Morgan fingerprint density at radius 3 is 2.82 bits per heavy atom. The number of hydrogen-bond donors (Lipinski definition) is 1. The SMILES string of the molecule is CC1=CC=CNC(C(=O)/C(C#N)=C/N(C)C)=C1. The van der Waals surface area contributed by atoms with Crippen molar-refractivity contribution in [3.05, 3.63) is 47.5 Å². The van der Waals surface area contributed by atoms with E-state index >= 15 is 0 Å². The van der Waals surface area contributed by atoms with E-state index in [1.54, 1.807) is 31.3 Å². The summed E-state index contributed by atoms with van der Waals surface area (Å²) < 4.78 is 0. The summed E-state index contributed by atoms with van der Waals surface area (Å²) in [5, 5.41) is 11.8. The van der Waals surface area contributed by atoms with Gasteiger partial charge in [0.1, 0.15) is 11.6 Å². The van der Waals surface area contributed by atoms with E-state index in [-0.39, 0.29) is 11.4 Å². The number of Topliss-reactive ketones (excluding diaryl/α,β-unsaturated/α-hetero) is 1. The van der Waals surface area contributed by atoms with Crippen molar-refractivity contribution in [1.29, 1.82) is 5.26 Å². The van der Waals surface area contributed by atoms with Crippen LogP contribution in [-0.4, -0.2) is 24.8 Å². The number of nitriles is 1. The Kier molecular flexibility index (Phi) is 4.29. The molecule has 1 N–H and O–H groups in total. The molecule has 1 aliphatic heterocycles. The maximum atomic E-state index is 12.1. The van der Waals surface area contributed by atoms with E-state index in [9.17, 15) is 4.79 Å². The number of nitrogens with one attached hydrogen (secondary N) is 1. The molecule has 0 aromatic heterocycles. The van der Waals surface area contributed by atoms with Gasteiger partial charge in [-0.2, -0.15) is 5.26 Å². The lowest BCUT2D eigenvalue weighted by Gasteiger charge is -2.08. The maximum Gasteiger partial charge on any atom is 0.221 e. The molecule has 0 aromatic carbocycles. The van der Waals surface area contributed by atoms with Crippen molar-refractivity contribution >= 4 is 5.78 Å².